The van der Waals surface area contributed by atoms with Crippen LogP contribution in [0.4, 0.5) is 0 Å². The molecule has 0 radical (unpaired) electrons. The molecule has 1 fully saturated rings. The Hall–Kier alpha value is -0.580. The van der Waals surface area contributed by atoms with E-state index in [4.69, 9.17) is 16.3 Å². The van der Waals surface area contributed by atoms with Crippen LogP contribution in [0.2, 0.25) is 5.02 Å². The van der Waals surface area contributed by atoms with Crippen molar-refractivity contribution in [2.24, 2.45) is 5.92 Å². The van der Waals surface area contributed by atoms with Crippen LogP contribution < -0.4 is 0 Å². The van der Waals surface area contributed by atoms with Gasteiger partial charge in [-0.05, 0) is 25.2 Å². The first-order valence-corrected chi connectivity index (χ1v) is 6.91. The van der Waals surface area contributed by atoms with E-state index in [1.165, 1.54) is 0 Å². The zero-order valence-corrected chi connectivity index (χ0v) is 11.8. The molecule has 1 aromatic rings. The molecule has 1 N–H and O–H groups in total. The molecule has 1 aliphatic rings. The van der Waals surface area contributed by atoms with Crippen molar-refractivity contribution in [1.82, 2.24) is 9.78 Å². The summed E-state index contributed by atoms with van der Waals surface area (Å²) in [5, 5.41) is 15.6. The monoisotopic (exact) mass is 272 g/mol. The van der Waals surface area contributed by atoms with Gasteiger partial charge in [-0.2, -0.15) is 5.10 Å². The van der Waals surface area contributed by atoms with Crippen LogP contribution in [0.15, 0.2) is 6.20 Å². The average molecular weight is 273 g/mol. The van der Waals surface area contributed by atoms with Gasteiger partial charge in [-0.1, -0.05) is 24.9 Å². The summed E-state index contributed by atoms with van der Waals surface area (Å²) in [5.41, 5.74) is -0.0562. The summed E-state index contributed by atoms with van der Waals surface area (Å²) in [6.45, 7) is 3.36. The normalized spacial score (nSPS) is 27.9. The van der Waals surface area contributed by atoms with E-state index in [1.807, 2.05) is 0 Å². The van der Waals surface area contributed by atoms with E-state index in [0.29, 0.717) is 24.1 Å². The van der Waals surface area contributed by atoms with Crippen molar-refractivity contribution in [2.45, 2.75) is 44.8 Å². The van der Waals surface area contributed by atoms with E-state index in [0.717, 1.165) is 31.4 Å². The van der Waals surface area contributed by atoms with Gasteiger partial charge in [-0.25, -0.2) is 0 Å². The maximum Gasteiger partial charge on any atom is 0.108 e. The van der Waals surface area contributed by atoms with E-state index >= 15 is 0 Å². The van der Waals surface area contributed by atoms with E-state index in [-0.39, 0.29) is 0 Å². The lowest BCUT2D eigenvalue weighted by atomic mass is 9.95. The van der Waals surface area contributed by atoms with Crippen molar-refractivity contribution >= 4 is 11.6 Å². The first-order valence-electron chi connectivity index (χ1n) is 6.54. The minimum Gasteiger partial charge on any atom is -0.384 e. The minimum atomic E-state index is -0.817. The fourth-order valence-electron chi connectivity index (χ4n) is 2.86. The standard InChI is InChI=1S/C13H21ClN2O2/c1-3-10-4-5-13(17,8-10)12-11(14)9-15-16(12)6-7-18-2/h9-10,17H,3-8H2,1-2H3. The zero-order valence-electron chi connectivity index (χ0n) is 11.0. The van der Waals surface area contributed by atoms with Crippen LogP contribution in [0.5, 0.6) is 0 Å². The second kappa shape index (κ2) is 5.59. The van der Waals surface area contributed by atoms with Crippen LogP contribution in [0, 0.1) is 5.92 Å². The molecule has 0 saturated heterocycles. The molecule has 0 bridgehead atoms. The summed E-state index contributed by atoms with van der Waals surface area (Å²) in [5.74, 6) is 0.580. The lowest BCUT2D eigenvalue weighted by Gasteiger charge is -2.24. The second-order valence-electron chi connectivity index (χ2n) is 5.11. The highest BCUT2D eigenvalue weighted by Crippen LogP contribution is 2.45. The fourth-order valence-corrected chi connectivity index (χ4v) is 3.18. The lowest BCUT2D eigenvalue weighted by Crippen LogP contribution is -2.27. The molecular weight excluding hydrogens is 252 g/mol. The molecule has 18 heavy (non-hydrogen) atoms. The number of hydrogen-bond acceptors (Lipinski definition) is 3. The number of ether oxygens (including phenoxy) is 1. The molecule has 2 unspecified atom stereocenters. The highest BCUT2D eigenvalue weighted by molar-refractivity contribution is 6.31. The smallest absolute Gasteiger partial charge is 0.108 e. The molecule has 0 aromatic carbocycles. The molecule has 1 heterocycles. The molecule has 2 rings (SSSR count). The van der Waals surface area contributed by atoms with Crippen molar-refractivity contribution in [3.05, 3.63) is 16.9 Å². The third kappa shape index (κ3) is 2.56. The first kappa shape index (κ1) is 13.8. The topological polar surface area (TPSA) is 47.3 Å². The Morgan fingerprint density at radius 1 is 1.67 bits per heavy atom. The summed E-state index contributed by atoms with van der Waals surface area (Å²) in [4.78, 5) is 0. The molecular formula is C13H21ClN2O2. The Bertz CT molecular complexity index is 408. The largest absolute Gasteiger partial charge is 0.384 e. The van der Waals surface area contributed by atoms with Crippen molar-refractivity contribution in [3.8, 4) is 0 Å². The highest BCUT2D eigenvalue weighted by atomic mass is 35.5. The average Bonchev–Trinajstić information content (AvgIpc) is 2.91. The maximum absolute atomic E-state index is 10.8. The number of aromatic nitrogens is 2. The van der Waals surface area contributed by atoms with E-state index in [1.54, 1.807) is 18.0 Å². The SMILES string of the molecule is CCC1CCC(O)(c2c(Cl)cnn2CCOC)C1. The van der Waals surface area contributed by atoms with Gasteiger partial charge in [0.25, 0.3) is 0 Å². The van der Waals surface area contributed by atoms with Gasteiger partial charge in [0.15, 0.2) is 0 Å². The number of halogens is 1. The number of hydrogen-bond donors (Lipinski definition) is 1. The number of aliphatic hydroxyl groups is 1. The molecule has 4 nitrogen and oxygen atoms in total. The predicted octanol–water partition coefficient (Wildman–Crippen LogP) is 2.58. The van der Waals surface area contributed by atoms with Gasteiger partial charge in [-0.3, -0.25) is 4.68 Å². The Morgan fingerprint density at radius 2 is 2.44 bits per heavy atom. The molecule has 102 valence electrons. The van der Waals surface area contributed by atoms with E-state index in [9.17, 15) is 5.11 Å². The quantitative estimate of drug-likeness (QED) is 0.896. The Kier molecular flexibility index (Phi) is 4.30. The molecule has 1 aromatic heterocycles. The number of methoxy groups -OCH3 is 1. The van der Waals surface area contributed by atoms with Gasteiger partial charge < -0.3 is 9.84 Å². The van der Waals surface area contributed by atoms with Gasteiger partial charge in [0.1, 0.15) is 5.60 Å². The van der Waals surface area contributed by atoms with Crippen molar-refractivity contribution < 1.29 is 9.84 Å². The first-order chi connectivity index (χ1) is 8.60. The van der Waals surface area contributed by atoms with Gasteiger partial charge in [0.2, 0.25) is 0 Å². The van der Waals surface area contributed by atoms with Crippen LogP contribution in [-0.2, 0) is 16.9 Å². The van der Waals surface area contributed by atoms with Gasteiger partial charge in [0, 0.05) is 7.11 Å². The summed E-state index contributed by atoms with van der Waals surface area (Å²) in [6, 6.07) is 0. The predicted molar refractivity (Wildman–Crippen MR) is 70.6 cm³/mol. The zero-order chi connectivity index (χ0) is 13.2. The van der Waals surface area contributed by atoms with Crippen LogP contribution in [0.25, 0.3) is 0 Å². The minimum absolute atomic E-state index is 0.561. The summed E-state index contributed by atoms with van der Waals surface area (Å²) in [7, 11) is 1.65. The van der Waals surface area contributed by atoms with Crippen LogP contribution in [-0.4, -0.2) is 28.6 Å². The second-order valence-corrected chi connectivity index (χ2v) is 5.51. The molecule has 1 saturated carbocycles. The molecule has 1 aliphatic carbocycles. The molecule has 0 amide bonds. The van der Waals surface area contributed by atoms with Gasteiger partial charge >= 0.3 is 0 Å². The lowest BCUT2D eigenvalue weighted by molar-refractivity contribution is 0.0291. The van der Waals surface area contributed by atoms with Crippen molar-refractivity contribution in [1.29, 1.82) is 0 Å². The third-order valence-corrected chi connectivity index (χ3v) is 4.19. The summed E-state index contributed by atoms with van der Waals surface area (Å²) < 4.78 is 6.84. The highest BCUT2D eigenvalue weighted by Gasteiger charge is 2.41. The van der Waals surface area contributed by atoms with E-state index in [2.05, 4.69) is 12.0 Å². The third-order valence-electron chi connectivity index (χ3n) is 3.91. The summed E-state index contributed by atoms with van der Waals surface area (Å²) >= 11 is 6.20. The van der Waals surface area contributed by atoms with E-state index < -0.39 is 5.60 Å². The van der Waals surface area contributed by atoms with Crippen molar-refractivity contribution in [3.63, 3.8) is 0 Å². The number of nitrogens with zero attached hydrogens (tertiary/aromatic N) is 2. The van der Waals surface area contributed by atoms with Gasteiger partial charge in [-0.15, -0.1) is 0 Å². The Labute approximate surface area is 113 Å². The molecule has 5 heteroatoms. The Balaban J connectivity index is 2.24. The fraction of sp³-hybridized carbons (Fsp3) is 0.769. The molecule has 2 atom stereocenters. The molecule has 0 spiro atoms. The number of rotatable bonds is 5. The molecule has 0 aliphatic heterocycles. The van der Waals surface area contributed by atoms with Crippen LogP contribution in [0.1, 0.15) is 38.3 Å². The van der Waals surface area contributed by atoms with Crippen LogP contribution in [0.3, 0.4) is 0 Å². The van der Waals surface area contributed by atoms with Crippen LogP contribution >= 0.6 is 11.6 Å². The Morgan fingerprint density at radius 3 is 3.06 bits per heavy atom. The van der Waals surface area contributed by atoms with Gasteiger partial charge in [0.05, 0.1) is 30.1 Å². The summed E-state index contributed by atoms with van der Waals surface area (Å²) in [6.07, 6.45) is 5.32. The maximum atomic E-state index is 10.8. The van der Waals surface area contributed by atoms with Crippen molar-refractivity contribution in [2.75, 3.05) is 13.7 Å².